The van der Waals surface area contributed by atoms with Crippen molar-refractivity contribution in [2.24, 2.45) is 5.73 Å². The van der Waals surface area contributed by atoms with Crippen LogP contribution in [-0.2, 0) is 27.7 Å². The molecule has 1 unspecified atom stereocenters. The number of nitrogens with zero attached hydrogens (tertiary/aromatic N) is 1. The van der Waals surface area contributed by atoms with Crippen LogP contribution in [0.4, 0.5) is 13.2 Å². The number of rotatable bonds is 5. The van der Waals surface area contributed by atoms with Gasteiger partial charge in [-0.3, -0.25) is 14.6 Å². The number of hydrogen-bond acceptors (Lipinski definition) is 3. The van der Waals surface area contributed by atoms with Crippen LogP contribution in [0.1, 0.15) is 23.6 Å². The molecule has 1 aromatic carbocycles. The standard InChI is InChI=1S/C17H16F3N3O2/c1-16(15(21)25,12-3-2-4-13(10-12)17(18,19)20)23-14(24)9-11-5-7-22-8-6-11/h2-8,10H,9H2,1H3,(H2,21,25)(H,23,24). The van der Waals surface area contributed by atoms with Crippen molar-refractivity contribution in [2.75, 3.05) is 0 Å². The minimum absolute atomic E-state index is 0.0436. The van der Waals surface area contributed by atoms with Crippen molar-refractivity contribution >= 4 is 11.8 Å². The summed E-state index contributed by atoms with van der Waals surface area (Å²) >= 11 is 0. The van der Waals surface area contributed by atoms with E-state index < -0.39 is 29.1 Å². The van der Waals surface area contributed by atoms with E-state index in [0.717, 1.165) is 18.2 Å². The highest BCUT2D eigenvalue weighted by Crippen LogP contribution is 2.32. The van der Waals surface area contributed by atoms with E-state index in [4.69, 9.17) is 5.73 Å². The topological polar surface area (TPSA) is 85.1 Å². The molecule has 0 fully saturated rings. The number of halogens is 3. The smallest absolute Gasteiger partial charge is 0.367 e. The lowest BCUT2D eigenvalue weighted by molar-refractivity contribution is -0.138. The lowest BCUT2D eigenvalue weighted by atomic mass is 9.89. The van der Waals surface area contributed by atoms with Crippen molar-refractivity contribution in [3.63, 3.8) is 0 Å². The summed E-state index contributed by atoms with van der Waals surface area (Å²) in [6.45, 7) is 1.27. The van der Waals surface area contributed by atoms with Crippen LogP contribution in [0.3, 0.4) is 0 Å². The summed E-state index contributed by atoms with van der Waals surface area (Å²) in [5.74, 6) is -1.51. The number of aromatic nitrogens is 1. The molecule has 0 aliphatic heterocycles. The highest BCUT2D eigenvalue weighted by molar-refractivity contribution is 5.91. The Kier molecular flexibility index (Phi) is 5.10. The Balaban J connectivity index is 2.29. The van der Waals surface area contributed by atoms with Crippen LogP contribution in [0.5, 0.6) is 0 Å². The molecule has 2 rings (SSSR count). The Bertz CT molecular complexity index is 778. The fraction of sp³-hybridized carbons (Fsp3) is 0.235. The summed E-state index contributed by atoms with van der Waals surface area (Å²) < 4.78 is 38.7. The molecule has 0 bridgehead atoms. The highest BCUT2D eigenvalue weighted by Gasteiger charge is 2.37. The SMILES string of the molecule is CC(NC(=O)Cc1ccncc1)(C(N)=O)c1cccc(C(F)(F)F)c1. The number of nitrogens with two attached hydrogens (primary N) is 1. The van der Waals surface area contributed by atoms with Gasteiger partial charge in [0.25, 0.3) is 0 Å². The number of pyridine rings is 1. The number of alkyl halides is 3. The van der Waals surface area contributed by atoms with Crippen LogP contribution in [0, 0.1) is 0 Å². The molecule has 0 aliphatic rings. The molecule has 3 N–H and O–H groups in total. The van der Waals surface area contributed by atoms with Crippen molar-refractivity contribution < 1.29 is 22.8 Å². The molecule has 1 aromatic heterocycles. The number of nitrogens with one attached hydrogen (secondary N) is 1. The monoisotopic (exact) mass is 351 g/mol. The van der Waals surface area contributed by atoms with Gasteiger partial charge in [-0.1, -0.05) is 12.1 Å². The quantitative estimate of drug-likeness (QED) is 0.866. The summed E-state index contributed by atoms with van der Waals surface area (Å²) in [5, 5.41) is 2.44. The maximum atomic E-state index is 12.9. The van der Waals surface area contributed by atoms with E-state index in [1.807, 2.05) is 0 Å². The van der Waals surface area contributed by atoms with Crippen molar-refractivity contribution in [2.45, 2.75) is 25.1 Å². The second-order valence-electron chi connectivity index (χ2n) is 5.65. The van der Waals surface area contributed by atoms with Gasteiger partial charge in [-0.25, -0.2) is 0 Å². The number of carbonyl (C=O) groups excluding carboxylic acids is 2. The molecule has 2 amide bonds. The van der Waals surface area contributed by atoms with E-state index in [2.05, 4.69) is 10.3 Å². The predicted molar refractivity (Wildman–Crippen MR) is 84.1 cm³/mol. The molecule has 25 heavy (non-hydrogen) atoms. The Morgan fingerprint density at radius 1 is 1.12 bits per heavy atom. The molecule has 8 heteroatoms. The molecular weight excluding hydrogens is 335 g/mol. The van der Waals surface area contributed by atoms with Gasteiger partial charge in [-0.15, -0.1) is 0 Å². The lowest BCUT2D eigenvalue weighted by Gasteiger charge is -2.28. The average molecular weight is 351 g/mol. The van der Waals surface area contributed by atoms with Crippen LogP contribution in [0.2, 0.25) is 0 Å². The summed E-state index contributed by atoms with van der Waals surface area (Å²) in [4.78, 5) is 27.9. The normalized spacial score (nSPS) is 13.8. The van der Waals surface area contributed by atoms with Gasteiger partial charge in [-0.2, -0.15) is 13.2 Å². The number of benzene rings is 1. The number of hydrogen-bond donors (Lipinski definition) is 2. The van der Waals surface area contributed by atoms with Crippen LogP contribution < -0.4 is 11.1 Å². The van der Waals surface area contributed by atoms with E-state index in [1.54, 1.807) is 12.1 Å². The molecule has 5 nitrogen and oxygen atoms in total. The lowest BCUT2D eigenvalue weighted by Crippen LogP contribution is -2.53. The van der Waals surface area contributed by atoms with E-state index in [1.165, 1.54) is 25.4 Å². The van der Waals surface area contributed by atoms with Crippen molar-refractivity contribution in [3.05, 3.63) is 65.5 Å². The molecule has 2 aromatic rings. The zero-order chi connectivity index (χ0) is 18.7. The summed E-state index contributed by atoms with van der Waals surface area (Å²) in [7, 11) is 0. The van der Waals surface area contributed by atoms with E-state index in [9.17, 15) is 22.8 Å². The third-order valence-corrected chi connectivity index (χ3v) is 3.76. The predicted octanol–water partition coefficient (Wildman–Crippen LogP) is 2.16. The Morgan fingerprint density at radius 2 is 1.72 bits per heavy atom. The maximum Gasteiger partial charge on any atom is 0.416 e. The number of carbonyl (C=O) groups is 2. The van der Waals surface area contributed by atoms with Crippen molar-refractivity contribution in [1.82, 2.24) is 10.3 Å². The van der Waals surface area contributed by atoms with Gasteiger partial charge < -0.3 is 11.1 Å². The molecule has 0 saturated carbocycles. The van der Waals surface area contributed by atoms with Gasteiger partial charge in [0, 0.05) is 12.4 Å². The van der Waals surface area contributed by atoms with Gasteiger partial charge in [0.05, 0.1) is 12.0 Å². The van der Waals surface area contributed by atoms with Gasteiger partial charge in [-0.05, 0) is 42.3 Å². The highest BCUT2D eigenvalue weighted by atomic mass is 19.4. The summed E-state index contributed by atoms with van der Waals surface area (Å²) in [6, 6.07) is 7.39. The first kappa shape index (κ1) is 18.4. The molecule has 0 aliphatic carbocycles. The van der Waals surface area contributed by atoms with Crippen LogP contribution >= 0.6 is 0 Å². The third-order valence-electron chi connectivity index (χ3n) is 3.76. The molecule has 0 radical (unpaired) electrons. The van der Waals surface area contributed by atoms with E-state index in [0.29, 0.717) is 5.56 Å². The zero-order valence-electron chi connectivity index (χ0n) is 13.3. The van der Waals surface area contributed by atoms with Crippen LogP contribution in [0.25, 0.3) is 0 Å². The molecule has 0 spiro atoms. The summed E-state index contributed by atoms with van der Waals surface area (Å²) in [6.07, 6.45) is -1.63. The van der Waals surface area contributed by atoms with Gasteiger partial charge in [0.15, 0.2) is 0 Å². The summed E-state index contributed by atoms with van der Waals surface area (Å²) in [5.41, 5.74) is 3.26. The van der Waals surface area contributed by atoms with Gasteiger partial charge in [0.2, 0.25) is 11.8 Å². The largest absolute Gasteiger partial charge is 0.416 e. The first-order valence-corrected chi connectivity index (χ1v) is 7.30. The second-order valence-corrected chi connectivity index (χ2v) is 5.65. The third kappa shape index (κ3) is 4.34. The van der Waals surface area contributed by atoms with Crippen molar-refractivity contribution in [3.8, 4) is 0 Å². The number of amides is 2. The average Bonchev–Trinajstić information content (AvgIpc) is 2.54. The second kappa shape index (κ2) is 6.92. The van der Waals surface area contributed by atoms with Crippen LogP contribution in [0.15, 0.2) is 48.8 Å². The van der Waals surface area contributed by atoms with Crippen LogP contribution in [-0.4, -0.2) is 16.8 Å². The molecule has 1 atom stereocenters. The van der Waals surface area contributed by atoms with E-state index in [-0.39, 0.29) is 12.0 Å². The zero-order valence-corrected chi connectivity index (χ0v) is 13.3. The van der Waals surface area contributed by atoms with Crippen molar-refractivity contribution in [1.29, 1.82) is 0 Å². The Labute approximate surface area is 142 Å². The Morgan fingerprint density at radius 3 is 2.28 bits per heavy atom. The number of primary amides is 1. The first-order chi connectivity index (χ1) is 11.6. The molecule has 1 heterocycles. The fourth-order valence-electron chi connectivity index (χ4n) is 2.29. The minimum Gasteiger partial charge on any atom is -0.367 e. The van der Waals surface area contributed by atoms with Gasteiger partial charge in [0.1, 0.15) is 5.54 Å². The minimum atomic E-state index is -4.57. The fourth-order valence-corrected chi connectivity index (χ4v) is 2.29. The molecule has 132 valence electrons. The molecular formula is C17H16F3N3O2. The maximum absolute atomic E-state index is 12.9. The first-order valence-electron chi connectivity index (χ1n) is 7.30. The molecule has 0 saturated heterocycles. The van der Waals surface area contributed by atoms with E-state index >= 15 is 0 Å². The Hall–Kier alpha value is -2.90. The van der Waals surface area contributed by atoms with Gasteiger partial charge >= 0.3 is 6.18 Å².